The van der Waals surface area contributed by atoms with Gasteiger partial charge in [0, 0.05) is 36.7 Å². The molecule has 1 aliphatic heterocycles. The first-order valence-electron chi connectivity index (χ1n) is 9.79. The molecule has 2 heterocycles. The van der Waals surface area contributed by atoms with E-state index >= 15 is 0 Å². The number of anilines is 1. The van der Waals surface area contributed by atoms with Crippen molar-refractivity contribution >= 4 is 28.3 Å². The number of fused-ring (bicyclic) bond motifs is 1. The minimum absolute atomic E-state index is 0.00145. The molecule has 1 saturated heterocycles. The Balaban J connectivity index is 1.33. The third-order valence-corrected chi connectivity index (χ3v) is 5.55. The van der Waals surface area contributed by atoms with Crippen molar-refractivity contribution < 1.29 is 19.0 Å². The van der Waals surface area contributed by atoms with E-state index in [9.17, 15) is 19.3 Å². The number of nitro groups is 1. The molecule has 156 valence electrons. The number of quaternary nitrogens is 1. The van der Waals surface area contributed by atoms with E-state index in [0.29, 0.717) is 23.3 Å². The lowest BCUT2D eigenvalue weighted by Crippen LogP contribution is -3.14. The van der Waals surface area contributed by atoms with Gasteiger partial charge in [-0.3, -0.25) is 14.9 Å². The molecule has 0 aliphatic carbocycles. The zero-order chi connectivity index (χ0) is 21.3. The van der Waals surface area contributed by atoms with Gasteiger partial charge in [-0.25, -0.2) is 9.07 Å². The van der Waals surface area contributed by atoms with E-state index in [1.54, 1.807) is 19.1 Å². The smallest absolute Gasteiger partial charge is 0.279 e. The van der Waals surface area contributed by atoms with Gasteiger partial charge >= 0.3 is 0 Å². The first-order valence-corrected chi connectivity index (χ1v) is 9.79. The summed E-state index contributed by atoms with van der Waals surface area (Å²) in [5, 5.41) is 21.9. The molecule has 0 spiro atoms. The summed E-state index contributed by atoms with van der Waals surface area (Å²) in [5.41, 5.74) is 2.60. The van der Waals surface area contributed by atoms with E-state index in [4.69, 9.17) is 0 Å². The maximum absolute atomic E-state index is 13.3. The van der Waals surface area contributed by atoms with Crippen molar-refractivity contribution in [3.05, 3.63) is 57.9 Å². The van der Waals surface area contributed by atoms with Crippen molar-refractivity contribution in [2.24, 2.45) is 0 Å². The summed E-state index contributed by atoms with van der Waals surface area (Å²) in [7, 11) is 0. The van der Waals surface area contributed by atoms with Crippen molar-refractivity contribution in [1.29, 1.82) is 0 Å². The predicted molar refractivity (Wildman–Crippen MR) is 108 cm³/mol. The molecule has 3 aromatic rings. The second-order valence-corrected chi connectivity index (χ2v) is 7.63. The number of nitrogens with zero attached hydrogens (tertiary/aromatic N) is 4. The molecule has 2 N–H and O–H groups in total. The monoisotopic (exact) mass is 413 g/mol. The van der Waals surface area contributed by atoms with Crippen LogP contribution in [0.3, 0.4) is 0 Å². The lowest BCUT2D eigenvalue weighted by Gasteiger charge is -2.29. The van der Waals surface area contributed by atoms with Crippen LogP contribution in [0.25, 0.3) is 11.0 Å². The van der Waals surface area contributed by atoms with Crippen LogP contribution in [-0.2, 0) is 4.79 Å². The highest BCUT2D eigenvalue weighted by atomic mass is 19.1. The largest absolute Gasteiger partial charge is 0.327 e. The molecule has 9 nitrogen and oxygen atoms in total. The number of aromatic nitrogens is 3. The molecule has 0 saturated carbocycles. The van der Waals surface area contributed by atoms with Crippen molar-refractivity contribution in [2.45, 2.75) is 25.8 Å². The molecule has 1 fully saturated rings. The van der Waals surface area contributed by atoms with Gasteiger partial charge in [-0.1, -0.05) is 5.21 Å². The first-order chi connectivity index (χ1) is 14.4. The number of nitro benzene ring substituents is 1. The van der Waals surface area contributed by atoms with Crippen LogP contribution in [-0.4, -0.2) is 45.5 Å². The zero-order valence-electron chi connectivity index (χ0n) is 16.5. The number of benzene rings is 2. The van der Waals surface area contributed by atoms with E-state index < -0.39 is 4.92 Å². The van der Waals surface area contributed by atoms with Crippen molar-refractivity contribution in [3.63, 3.8) is 0 Å². The number of carbonyl (C=O) groups is 1. The van der Waals surface area contributed by atoms with Crippen molar-refractivity contribution in [3.8, 4) is 0 Å². The number of hydrogen-bond acceptors (Lipinski definition) is 5. The average Bonchev–Trinajstić information content (AvgIpc) is 3.13. The maximum atomic E-state index is 13.3. The minimum Gasteiger partial charge on any atom is -0.327 e. The predicted octanol–water partition coefficient (Wildman–Crippen LogP) is 1.65. The van der Waals surface area contributed by atoms with Crippen LogP contribution in [0.4, 0.5) is 15.8 Å². The average molecular weight is 413 g/mol. The van der Waals surface area contributed by atoms with E-state index in [2.05, 4.69) is 15.6 Å². The van der Waals surface area contributed by atoms with E-state index in [0.717, 1.165) is 31.4 Å². The molecule has 1 aromatic heterocycles. The van der Waals surface area contributed by atoms with Gasteiger partial charge < -0.3 is 10.2 Å². The van der Waals surface area contributed by atoms with Gasteiger partial charge in [0.2, 0.25) is 0 Å². The molecule has 10 heteroatoms. The molecule has 4 rings (SSSR count). The first kappa shape index (κ1) is 19.9. The number of aryl methyl sites for hydroxylation is 1. The van der Waals surface area contributed by atoms with Crippen LogP contribution in [0.1, 0.15) is 24.4 Å². The molecule has 30 heavy (non-hydrogen) atoms. The Labute approximate surface area is 171 Å². The second kappa shape index (κ2) is 8.15. The fraction of sp³-hybridized carbons (Fsp3) is 0.350. The Morgan fingerprint density at radius 1 is 1.30 bits per heavy atom. The summed E-state index contributed by atoms with van der Waals surface area (Å²) in [6.45, 7) is 3.67. The standard InChI is InChI=1S/C20H21FN6O3/c1-13-10-16(27(29)30)3-4-17(13)22-20(28)12-25-8-6-15(7-9-25)26-19-5-2-14(21)11-18(19)23-24-26/h2-5,10-11,15H,6-9,12H2,1H3,(H,22,28)/p+1. The van der Waals surface area contributed by atoms with Gasteiger partial charge in [-0.2, -0.15) is 0 Å². The lowest BCUT2D eigenvalue weighted by atomic mass is 10.0. The number of piperidine rings is 1. The third-order valence-electron chi connectivity index (χ3n) is 5.55. The Bertz CT molecular complexity index is 1110. The Hall–Kier alpha value is -3.40. The van der Waals surface area contributed by atoms with Crippen LogP contribution < -0.4 is 10.2 Å². The maximum Gasteiger partial charge on any atom is 0.279 e. The number of amides is 1. The number of likely N-dealkylation sites (tertiary alicyclic amines) is 1. The molecule has 1 amide bonds. The molecule has 2 aromatic carbocycles. The van der Waals surface area contributed by atoms with Crippen LogP contribution in [0.15, 0.2) is 36.4 Å². The molecule has 1 aliphatic rings. The summed E-state index contributed by atoms with van der Waals surface area (Å²) in [5.74, 6) is -0.454. The number of carbonyl (C=O) groups excluding carboxylic acids is 1. The normalized spacial score (nSPS) is 19.0. The highest BCUT2D eigenvalue weighted by Crippen LogP contribution is 2.23. The van der Waals surface area contributed by atoms with Crippen molar-refractivity contribution in [2.75, 3.05) is 25.0 Å². The highest BCUT2D eigenvalue weighted by Gasteiger charge is 2.27. The fourth-order valence-corrected chi connectivity index (χ4v) is 3.94. The van der Waals surface area contributed by atoms with Crippen LogP contribution in [0, 0.1) is 22.9 Å². The van der Waals surface area contributed by atoms with Crippen LogP contribution in [0.5, 0.6) is 0 Å². The van der Waals surface area contributed by atoms with E-state index in [1.165, 1.54) is 29.2 Å². The van der Waals surface area contributed by atoms with Gasteiger partial charge in [-0.15, -0.1) is 5.10 Å². The van der Waals surface area contributed by atoms with Gasteiger partial charge in [0.25, 0.3) is 11.6 Å². The van der Waals surface area contributed by atoms with E-state index in [1.807, 2.05) is 4.68 Å². The Kier molecular flexibility index (Phi) is 5.40. The van der Waals surface area contributed by atoms with Crippen LogP contribution >= 0.6 is 0 Å². The molecular weight excluding hydrogens is 391 g/mol. The van der Waals surface area contributed by atoms with Gasteiger partial charge in [0.15, 0.2) is 6.54 Å². The van der Waals surface area contributed by atoms with E-state index in [-0.39, 0.29) is 23.5 Å². The lowest BCUT2D eigenvalue weighted by molar-refractivity contribution is -0.897. The van der Waals surface area contributed by atoms with Gasteiger partial charge in [0.1, 0.15) is 11.3 Å². The summed E-state index contributed by atoms with van der Waals surface area (Å²) < 4.78 is 15.2. The second-order valence-electron chi connectivity index (χ2n) is 7.63. The topological polar surface area (TPSA) is 107 Å². The number of hydrogen-bond donors (Lipinski definition) is 2. The van der Waals surface area contributed by atoms with Gasteiger partial charge in [0.05, 0.1) is 29.6 Å². The Morgan fingerprint density at radius 3 is 2.77 bits per heavy atom. The third kappa shape index (κ3) is 4.13. The fourth-order valence-electron chi connectivity index (χ4n) is 3.94. The zero-order valence-corrected chi connectivity index (χ0v) is 16.5. The van der Waals surface area contributed by atoms with Crippen LogP contribution in [0.2, 0.25) is 0 Å². The summed E-state index contributed by atoms with van der Waals surface area (Å²) in [6.07, 6.45) is 1.68. The quantitative estimate of drug-likeness (QED) is 0.489. The van der Waals surface area contributed by atoms with Crippen molar-refractivity contribution in [1.82, 2.24) is 15.0 Å². The summed E-state index contributed by atoms with van der Waals surface area (Å²) in [4.78, 5) is 24.0. The molecule has 0 unspecified atom stereocenters. The number of rotatable bonds is 5. The molecule has 0 radical (unpaired) electrons. The highest BCUT2D eigenvalue weighted by molar-refractivity contribution is 5.92. The SMILES string of the molecule is Cc1cc([N+](=O)[O-])ccc1NC(=O)C[NH+]1CCC(n2nnc3cc(F)ccc32)CC1. The Morgan fingerprint density at radius 2 is 2.07 bits per heavy atom. The van der Waals surface area contributed by atoms with Gasteiger partial charge in [-0.05, 0) is 30.7 Å². The molecule has 0 atom stereocenters. The minimum atomic E-state index is -0.457. The summed E-state index contributed by atoms with van der Waals surface area (Å²) in [6, 6.07) is 9.05. The molecular formula is C20H22FN6O3+. The number of halogens is 1. The number of non-ortho nitro benzene ring substituents is 1. The summed E-state index contributed by atoms with van der Waals surface area (Å²) >= 11 is 0. The number of nitrogens with one attached hydrogen (secondary N) is 2. The molecule has 0 bridgehead atoms.